The van der Waals surface area contributed by atoms with Crippen LogP contribution in [0.15, 0.2) is 65.3 Å². The van der Waals surface area contributed by atoms with Crippen LogP contribution in [-0.4, -0.2) is 54.0 Å². The van der Waals surface area contributed by atoms with Gasteiger partial charge in [0.25, 0.3) is 0 Å². The van der Waals surface area contributed by atoms with Gasteiger partial charge in [0.05, 0.1) is 12.1 Å². The van der Waals surface area contributed by atoms with E-state index in [9.17, 15) is 9.18 Å². The molecule has 1 saturated heterocycles. The fraction of sp³-hybridized carbons (Fsp3) is 0.360. The number of fused-ring (bicyclic) bond motifs is 1. The minimum absolute atomic E-state index is 0.0135. The van der Waals surface area contributed by atoms with Crippen LogP contribution in [0.4, 0.5) is 9.18 Å². The van der Waals surface area contributed by atoms with Crippen molar-refractivity contribution in [3.05, 3.63) is 71.7 Å². The van der Waals surface area contributed by atoms with Gasteiger partial charge in [-0.3, -0.25) is 4.90 Å². The molecule has 0 radical (unpaired) electrons. The molecule has 0 aromatic heterocycles. The maximum absolute atomic E-state index is 13.4. The Labute approximate surface area is 182 Å². The van der Waals surface area contributed by atoms with Crippen molar-refractivity contribution >= 4 is 11.9 Å². The normalized spacial score (nSPS) is 25.2. The summed E-state index contributed by atoms with van der Waals surface area (Å²) in [7, 11) is 1.68. The maximum Gasteiger partial charge on any atom is 0.326 e. The van der Waals surface area contributed by atoms with Crippen molar-refractivity contribution in [2.75, 3.05) is 20.3 Å². The Hall–Kier alpha value is -3.17. The fourth-order valence-electron chi connectivity index (χ4n) is 4.37. The molecular formula is C25H26FN3O2. The number of methoxy groups -OCH3 is 1. The second kappa shape index (κ2) is 9.76. The summed E-state index contributed by atoms with van der Waals surface area (Å²) < 4.78 is 18.5. The van der Waals surface area contributed by atoms with Crippen molar-refractivity contribution in [3.63, 3.8) is 0 Å². The van der Waals surface area contributed by atoms with Gasteiger partial charge in [0.15, 0.2) is 0 Å². The van der Waals surface area contributed by atoms with Gasteiger partial charge in [-0.05, 0) is 56.0 Å². The average molecular weight is 420 g/mol. The number of ether oxygens (including phenoxy) is 1. The van der Waals surface area contributed by atoms with Gasteiger partial charge in [-0.15, -0.1) is 0 Å². The number of hydrogen-bond donors (Lipinski definition) is 0. The van der Waals surface area contributed by atoms with E-state index in [-0.39, 0.29) is 23.9 Å². The van der Waals surface area contributed by atoms with Crippen LogP contribution in [0.1, 0.15) is 31.2 Å². The van der Waals surface area contributed by atoms with Gasteiger partial charge in [0.2, 0.25) is 0 Å². The lowest BCUT2D eigenvalue weighted by Gasteiger charge is -2.22. The highest BCUT2D eigenvalue weighted by Crippen LogP contribution is 2.36. The van der Waals surface area contributed by atoms with Crippen molar-refractivity contribution in [1.29, 1.82) is 0 Å². The van der Waals surface area contributed by atoms with E-state index in [0.29, 0.717) is 30.1 Å². The van der Waals surface area contributed by atoms with E-state index in [1.165, 1.54) is 12.1 Å². The summed E-state index contributed by atoms with van der Waals surface area (Å²) in [4.78, 5) is 21.7. The number of carbonyl (C=O) groups is 1. The summed E-state index contributed by atoms with van der Waals surface area (Å²) in [6, 6.07) is 6.59. The Morgan fingerprint density at radius 1 is 1.19 bits per heavy atom. The van der Waals surface area contributed by atoms with Gasteiger partial charge in [-0.1, -0.05) is 30.1 Å². The lowest BCUT2D eigenvalue weighted by Crippen LogP contribution is -2.39. The highest BCUT2D eigenvalue weighted by atomic mass is 19.1. The molecule has 2 heterocycles. The Balaban J connectivity index is 1.56. The number of amides is 2. The van der Waals surface area contributed by atoms with Gasteiger partial charge in [-0.25, -0.2) is 14.2 Å². The van der Waals surface area contributed by atoms with E-state index >= 15 is 0 Å². The number of nitrogens with zero attached hydrogens (tertiary/aromatic N) is 3. The first-order valence-electron chi connectivity index (χ1n) is 10.7. The molecule has 0 unspecified atom stereocenters. The highest BCUT2D eigenvalue weighted by molar-refractivity contribution is 6.06. The van der Waals surface area contributed by atoms with Crippen LogP contribution >= 0.6 is 0 Å². The first-order valence-corrected chi connectivity index (χ1v) is 10.7. The van der Waals surface area contributed by atoms with Crippen LogP contribution in [0, 0.1) is 17.7 Å². The number of benzene rings is 1. The third-order valence-corrected chi connectivity index (χ3v) is 5.77. The zero-order chi connectivity index (χ0) is 21.6. The number of rotatable bonds is 4. The Kier molecular flexibility index (Phi) is 6.63. The van der Waals surface area contributed by atoms with E-state index in [2.05, 4.69) is 16.8 Å². The first-order chi connectivity index (χ1) is 15.2. The van der Waals surface area contributed by atoms with Gasteiger partial charge >= 0.3 is 6.03 Å². The monoisotopic (exact) mass is 419 g/mol. The molecule has 1 saturated carbocycles. The molecule has 2 amide bonds. The molecule has 2 atom stereocenters. The van der Waals surface area contributed by atoms with Crippen LogP contribution in [0.3, 0.4) is 0 Å². The van der Waals surface area contributed by atoms with Gasteiger partial charge < -0.3 is 9.64 Å². The van der Waals surface area contributed by atoms with E-state index in [4.69, 9.17) is 4.74 Å². The predicted octanol–water partition coefficient (Wildman–Crippen LogP) is 4.28. The summed E-state index contributed by atoms with van der Waals surface area (Å²) in [6.07, 6.45) is 13.1. The summed E-state index contributed by atoms with van der Waals surface area (Å²) in [5, 5.41) is 0. The first kappa shape index (κ1) is 21.1. The largest absolute Gasteiger partial charge is 0.385 e. The molecule has 160 valence electrons. The van der Waals surface area contributed by atoms with Crippen LogP contribution in [-0.2, 0) is 4.74 Å². The minimum Gasteiger partial charge on any atom is -0.385 e. The molecule has 3 aliphatic rings. The summed E-state index contributed by atoms with van der Waals surface area (Å²) in [5.41, 5.74) is 1.30. The SMILES string of the molecule is COCCCN1C(=O)N(C2=N/C=C(C#Cc3cccc(F)c3)\C=C\C=C2)[C@@H]2CCC[C@@H]21. The lowest BCUT2D eigenvalue weighted by molar-refractivity contribution is 0.165. The molecule has 1 aromatic carbocycles. The lowest BCUT2D eigenvalue weighted by atomic mass is 10.1. The fourth-order valence-corrected chi connectivity index (χ4v) is 4.37. The molecule has 2 aliphatic heterocycles. The number of halogens is 1. The van der Waals surface area contributed by atoms with Gasteiger partial charge in [0, 0.05) is 37.6 Å². The number of urea groups is 1. The zero-order valence-electron chi connectivity index (χ0n) is 17.6. The van der Waals surface area contributed by atoms with E-state index in [0.717, 1.165) is 25.7 Å². The molecule has 1 aromatic rings. The number of carbonyl (C=O) groups excluding carboxylic acids is 1. The van der Waals surface area contributed by atoms with Crippen LogP contribution < -0.4 is 0 Å². The number of aliphatic imine (C=N–C) groups is 1. The number of amidine groups is 1. The molecule has 4 rings (SSSR count). The second-order valence-electron chi connectivity index (χ2n) is 7.81. The quantitative estimate of drug-likeness (QED) is 0.540. The van der Waals surface area contributed by atoms with Crippen molar-refractivity contribution in [2.24, 2.45) is 4.99 Å². The van der Waals surface area contributed by atoms with Crippen molar-refractivity contribution < 1.29 is 13.9 Å². The summed E-state index contributed by atoms with van der Waals surface area (Å²) in [6.45, 7) is 1.34. The predicted molar refractivity (Wildman–Crippen MR) is 119 cm³/mol. The van der Waals surface area contributed by atoms with Crippen molar-refractivity contribution in [3.8, 4) is 11.8 Å². The second-order valence-corrected chi connectivity index (χ2v) is 7.81. The van der Waals surface area contributed by atoms with Crippen LogP contribution in [0.25, 0.3) is 0 Å². The molecule has 5 nitrogen and oxygen atoms in total. The van der Waals surface area contributed by atoms with Crippen molar-refractivity contribution in [1.82, 2.24) is 9.80 Å². The smallest absolute Gasteiger partial charge is 0.326 e. The molecule has 1 aliphatic carbocycles. The molecule has 31 heavy (non-hydrogen) atoms. The van der Waals surface area contributed by atoms with Gasteiger partial charge in [0.1, 0.15) is 11.7 Å². The molecule has 0 spiro atoms. The molecule has 0 N–H and O–H groups in total. The topological polar surface area (TPSA) is 45.1 Å². The molecule has 6 heteroatoms. The van der Waals surface area contributed by atoms with Gasteiger partial charge in [-0.2, -0.15) is 0 Å². The van der Waals surface area contributed by atoms with E-state index in [1.54, 1.807) is 25.4 Å². The Morgan fingerprint density at radius 2 is 2.03 bits per heavy atom. The molecule has 0 bridgehead atoms. The van der Waals surface area contributed by atoms with Crippen LogP contribution in [0.2, 0.25) is 0 Å². The third-order valence-electron chi connectivity index (χ3n) is 5.77. The highest BCUT2D eigenvalue weighted by Gasteiger charge is 2.49. The summed E-state index contributed by atoms with van der Waals surface area (Å²) >= 11 is 0. The average Bonchev–Trinajstić information content (AvgIpc) is 3.30. The Bertz CT molecular complexity index is 1020. The van der Waals surface area contributed by atoms with E-state index in [1.807, 2.05) is 34.1 Å². The van der Waals surface area contributed by atoms with Crippen LogP contribution in [0.5, 0.6) is 0 Å². The zero-order valence-corrected chi connectivity index (χ0v) is 17.6. The van der Waals surface area contributed by atoms with Crippen molar-refractivity contribution in [2.45, 2.75) is 37.8 Å². The van der Waals surface area contributed by atoms with E-state index < -0.39 is 0 Å². The molecule has 2 fully saturated rings. The molecular weight excluding hydrogens is 393 g/mol. The summed E-state index contributed by atoms with van der Waals surface area (Å²) in [5.74, 6) is 6.32. The Morgan fingerprint density at radius 3 is 2.87 bits per heavy atom. The number of allylic oxidation sites excluding steroid dienone is 4. The minimum atomic E-state index is -0.314. The third kappa shape index (κ3) is 4.78. The maximum atomic E-state index is 13.4. The number of hydrogen-bond acceptors (Lipinski definition) is 3. The standard InChI is InChI=1S/C25H26FN3O2/c1-31-16-6-15-28-22-10-5-11-23(22)29(25(28)30)24-12-3-2-7-20(18-27-24)14-13-19-8-4-9-21(26)17-19/h2-4,7-9,12,17-18,22-23H,5-6,10-11,15-16H2,1H3/b3-2?,7-2+,12-3?,20-7?,20-18+,24-12?,27-18?,27-24?/t22-,23+/m0/s1.